The summed E-state index contributed by atoms with van der Waals surface area (Å²) in [4.78, 5) is 9.31. The van der Waals surface area contributed by atoms with Gasteiger partial charge in [0.15, 0.2) is 0 Å². The number of nitrogens with zero attached hydrogens (tertiary/aromatic N) is 2. The minimum atomic E-state index is -1.37. The molecule has 0 bridgehead atoms. The molecule has 0 unspecified atom stereocenters. The van der Waals surface area contributed by atoms with E-state index in [2.05, 4.69) is 155 Å². The summed E-state index contributed by atoms with van der Waals surface area (Å²) in [5.74, 6) is 0. The molecule has 0 aliphatic carbocycles. The summed E-state index contributed by atoms with van der Waals surface area (Å²) in [5, 5.41) is 3.66. The number of hydrogen-bond donors (Lipinski definition) is 0. The fourth-order valence-corrected chi connectivity index (χ4v) is 8.23. The van der Waals surface area contributed by atoms with E-state index in [1.165, 1.54) is 21.9 Å². The first-order valence-corrected chi connectivity index (χ1v) is 21.4. The average Bonchev–Trinajstić information content (AvgIpc) is 3.52. The van der Waals surface area contributed by atoms with Gasteiger partial charge in [0.2, 0.25) is 0 Å². The van der Waals surface area contributed by atoms with E-state index in [0.29, 0.717) is 0 Å². The predicted molar refractivity (Wildman–Crippen MR) is 221 cm³/mol. The Morgan fingerprint density at radius 2 is 1.26 bits per heavy atom. The van der Waals surface area contributed by atoms with Gasteiger partial charge in [0, 0.05) is 37.9 Å². The smallest absolute Gasteiger partial charge is 0.121 e. The van der Waals surface area contributed by atoms with Crippen molar-refractivity contribution in [2.24, 2.45) is 5.41 Å². The molecular weight excluding hydrogens is 841 g/mol. The maximum Gasteiger partial charge on any atom is 0.121 e. The summed E-state index contributed by atoms with van der Waals surface area (Å²) in [6, 6.07) is 52.3. The van der Waals surface area contributed by atoms with Gasteiger partial charge >= 0.3 is 0 Å². The van der Waals surface area contributed by atoms with Crippen LogP contribution < -0.4 is 5.19 Å². The summed E-state index contributed by atoms with van der Waals surface area (Å²) in [5.41, 5.74) is 12.1. The quantitative estimate of drug-likeness (QED) is 0.123. The van der Waals surface area contributed by atoms with Crippen molar-refractivity contribution in [1.29, 1.82) is 0 Å². The van der Waals surface area contributed by atoms with Gasteiger partial charge in [-0.25, -0.2) is 0 Å². The van der Waals surface area contributed by atoms with E-state index in [-0.39, 0.29) is 25.5 Å². The standard InChI is InChI=1S/C29H18NO.C19H26NSi.Ir/c1-3-7-20(8-4-1)22-11-13-25-26-17-24(12-14-28(26)31-29(25)19-22)27-18-23(15-16-30-27)21-9-5-2-6-10-21;1-19(2,3)13-16-12-17(15-10-8-7-9-11-15)20-14-18(16)21(4,5)6;/h1-11,13-19H;7-10,12,14H,13H2,1-6H3;/q2*-1;. The first-order chi connectivity index (χ1) is 25.0. The van der Waals surface area contributed by atoms with Crippen LogP contribution in [0.3, 0.4) is 0 Å². The normalized spacial score (nSPS) is 11.5. The van der Waals surface area contributed by atoms with Gasteiger partial charge in [-0.1, -0.05) is 136 Å². The van der Waals surface area contributed by atoms with Crippen molar-refractivity contribution < 1.29 is 24.5 Å². The molecule has 0 fully saturated rings. The fraction of sp³-hybridized carbons (Fsp3) is 0.167. The largest absolute Gasteiger partial charge is 0.500 e. The Hall–Kier alpha value is -4.93. The minimum absolute atomic E-state index is 0. The summed E-state index contributed by atoms with van der Waals surface area (Å²) in [7, 11) is -1.37. The van der Waals surface area contributed by atoms with Crippen LogP contribution in [0.1, 0.15) is 26.3 Å². The minimum Gasteiger partial charge on any atom is -0.500 e. The molecule has 8 rings (SSSR count). The van der Waals surface area contributed by atoms with Gasteiger partial charge in [-0.3, -0.25) is 0 Å². The number of aromatic nitrogens is 2. The molecule has 0 spiro atoms. The van der Waals surface area contributed by atoms with Crippen molar-refractivity contribution in [2.75, 3.05) is 0 Å². The van der Waals surface area contributed by atoms with Gasteiger partial charge in [0.25, 0.3) is 0 Å². The zero-order valence-corrected chi connectivity index (χ0v) is 34.6. The van der Waals surface area contributed by atoms with Gasteiger partial charge in [-0.2, -0.15) is 0 Å². The van der Waals surface area contributed by atoms with Crippen molar-refractivity contribution in [3.63, 3.8) is 0 Å². The first-order valence-electron chi connectivity index (χ1n) is 17.9. The van der Waals surface area contributed by atoms with Crippen molar-refractivity contribution >= 4 is 35.2 Å². The van der Waals surface area contributed by atoms with E-state index in [4.69, 9.17) is 9.40 Å². The molecule has 0 atom stereocenters. The van der Waals surface area contributed by atoms with Gasteiger partial charge in [0.05, 0.1) is 13.7 Å². The van der Waals surface area contributed by atoms with Crippen LogP contribution in [-0.4, -0.2) is 18.0 Å². The van der Waals surface area contributed by atoms with Crippen LogP contribution in [0.4, 0.5) is 0 Å². The van der Waals surface area contributed by atoms with Crippen molar-refractivity contribution in [2.45, 2.75) is 46.8 Å². The monoisotopic (exact) mass is 885 g/mol. The zero-order valence-electron chi connectivity index (χ0n) is 31.2. The maximum atomic E-state index is 6.15. The Labute approximate surface area is 328 Å². The molecule has 0 aliphatic rings. The molecule has 0 N–H and O–H groups in total. The molecule has 5 heteroatoms. The number of fused-ring (bicyclic) bond motifs is 3. The van der Waals surface area contributed by atoms with Gasteiger partial charge in [-0.05, 0) is 62.8 Å². The Bertz CT molecular complexity index is 2450. The molecular formula is C48H44IrN2OSi-2. The Morgan fingerprint density at radius 3 is 1.91 bits per heavy atom. The second-order valence-electron chi connectivity index (χ2n) is 15.6. The molecule has 53 heavy (non-hydrogen) atoms. The second-order valence-corrected chi connectivity index (χ2v) is 20.6. The van der Waals surface area contributed by atoms with E-state index in [1.54, 1.807) is 0 Å². The van der Waals surface area contributed by atoms with E-state index in [0.717, 1.165) is 62.0 Å². The summed E-state index contributed by atoms with van der Waals surface area (Å²) in [6.45, 7) is 14.1. The molecule has 0 aliphatic heterocycles. The molecule has 3 aromatic heterocycles. The van der Waals surface area contributed by atoms with E-state index < -0.39 is 8.07 Å². The van der Waals surface area contributed by atoms with Crippen LogP contribution >= 0.6 is 0 Å². The number of rotatable bonds is 6. The Morgan fingerprint density at radius 1 is 0.604 bits per heavy atom. The Balaban J connectivity index is 0.000000193. The van der Waals surface area contributed by atoms with Crippen LogP contribution in [0.5, 0.6) is 0 Å². The van der Waals surface area contributed by atoms with Gasteiger partial charge < -0.3 is 14.4 Å². The zero-order chi connectivity index (χ0) is 36.3. The van der Waals surface area contributed by atoms with Gasteiger partial charge in [-0.15, -0.1) is 59.7 Å². The van der Waals surface area contributed by atoms with E-state index in [9.17, 15) is 0 Å². The van der Waals surface area contributed by atoms with Crippen molar-refractivity contribution in [1.82, 2.24) is 9.97 Å². The number of furan rings is 1. The molecule has 0 saturated heterocycles. The molecule has 0 amide bonds. The van der Waals surface area contributed by atoms with Crippen LogP contribution in [0.2, 0.25) is 19.6 Å². The third-order valence-corrected chi connectivity index (χ3v) is 11.2. The molecule has 5 aromatic carbocycles. The molecule has 3 nitrogen and oxygen atoms in total. The van der Waals surface area contributed by atoms with E-state index >= 15 is 0 Å². The van der Waals surface area contributed by atoms with E-state index in [1.807, 2.05) is 48.7 Å². The summed E-state index contributed by atoms with van der Waals surface area (Å²) in [6.07, 6.45) is 5.06. The predicted octanol–water partition coefficient (Wildman–Crippen LogP) is 12.5. The van der Waals surface area contributed by atoms with Gasteiger partial charge in [0.1, 0.15) is 5.58 Å². The maximum absolute atomic E-state index is 6.15. The van der Waals surface area contributed by atoms with Crippen molar-refractivity contribution in [3.8, 4) is 44.8 Å². The van der Waals surface area contributed by atoms with Crippen LogP contribution in [0.25, 0.3) is 66.7 Å². The second kappa shape index (κ2) is 16.0. The average molecular weight is 885 g/mol. The number of pyridine rings is 2. The summed E-state index contributed by atoms with van der Waals surface area (Å²) >= 11 is 0. The first kappa shape index (κ1) is 37.8. The SMILES string of the molecule is CC(C)(C)Cc1cc(-c2[c-]cccc2)ncc1[Si](C)(C)C.[Ir].[c-]1cc2oc3cc(-c4ccccc4)ccc3c2cc1-c1cc(-c2ccccc2)ccn1. The van der Waals surface area contributed by atoms with Crippen molar-refractivity contribution in [3.05, 3.63) is 164 Å². The Kier molecular flexibility index (Phi) is 11.4. The third kappa shape index (κ3) is 9.00. The summed E-state index contributed by atoms with van der Waals surface area (Å²) < 4.78 is 6.15. The van der Waals surface area contributed by atoms with Crippen LogP contribution in [-0.2, 0) is 26.5 Å². The third-order valence-electron chi connectivity index (χ3n) is 9.16. The molecule has 1 radical (unpaired) electrons. The van der Waals surface area contributed by atoms with Crippen LogP contribution in [0.15, 0.2) is 150 Å². The molecule has 267 valence electrons. The molecule has 8 aromatic rings. The molecule has 3 heterocycles. The fourth-order valence-electron chi connectivity index (χ4n) is 6.66. The molecule has 0 saturated carbocycles. The van der Waals surface area contributed by atoms with Crippen LogP contribution in [0, 0.1) is 17.5 Å². The topological polar surface area (TPSA) is 38.9 Å². The number of benzene rings is 5. The number of hydrogen-bond acceptors (Lipinski definition) is 3.